The van der Waals surface area contributed by atoms with Crippen LogP contribution in [0.4, 0.5) is 10.5 Å². The van der Waals surface area contributed by atoms with Gasteiger partial charge in [-0.2, -0.15) is 0 Å². The van der Waals surface area contributed by atoms with E-state index in [1.165, 1.54) is 12.1 Å². The minimum atomic E-state index is -1.14. The number of benzene rings is 1. The number of nitro benzene ring substituents is 1. The molecule has 8 nitrogen and oxygen atoms in total. The van der Waals surface area contributed by atoms with E-state index in [1.807, 2.05) is 0 Å². The number of aryl methyl sites for hydroxylation is 1. The molecule has 0 aliphatic carbocycles. The zero-order valence-corrected chi connectivity index (χ0v) is 13.5. The Balaban J connectivity index is 3.07. The fourth-order valence-corrected chi connectivity index (χ4v) is 1.92. The van der Waals surface area contributed by atoms with E-state index in [0.717, 1.165) is 0 Å². The van der Waals surface area contributed by atoms with Gasteiger partial charge in [0.1, 0.15) is 5.60 Å². The largest absolute Gasteiger partial charge is 0.481 e. The Labute approximate surface area is 133 Å². The van der Waals surface area contributed by atoms with Gasteiger partial charge in [0.25, 0.3) is 5.69 Å². The molecule has 1 unspecified atom stereocenters. The third-order valence-electron chi connectivity index (χ3n) is 2.90. The maximum atomic E-state index is 11.8. The van der Waals surface area contributed by atoms with E-state index >= 15 is 0 Å². The van der Waals surface area contributed by atoms with Crippen molar-refractivity contribution in [3.05, 3.63) is 39.4 Å². The van der Waals surface area contributed by atoms with E-state index in [9.17, 15) is 19.7 Å². The van der Waals surface area contributed by atoms with Gasteiger partial charge in [0.05, 0.1) is 17.4 Å². The second kappa shape index (κ2) is 7.08. The Morgan fingerprint density at radius 2 is 2.00 bits per heavy atom. The van der Waals surface area contributed by atoms with E-state index in [2.05, 4.69) is 5.32 Å². The Hall–Kier alpha value is -2.64. The molecule has 0 heterocycles. The number of alkyl carbamates (subject to hydrolysis) is 1. The van der Waals surface area contributed by atoms with Crippen LogP contribution in [0.15, 0.2) is 18.2 Å². The number of amides is 1. The first-order valence-corrected chi connectivity index (χ1v) is 6.96. The number of ether oxygens (including phenoxy) is 1. The number of hydrogen-bond acceptors (Lipinski definition) is 5. The van der Waals surface area contributed by atoms with Gasteiger partial charge >= 0.3 is 12.1 Å². The van der Waals surface area contributed by atoms with Crippen molar-refractivity contribution in [2.24, 2.45) is 0 Å². The van der Waals surface area contributed by atoms with Crippen molar-refractivity contribution >= 4 is 17.7 Å². The molecule has 0 aliphatic heterocycles. The van der Waals surface area contributed by atoms with Crippen molar-refractivity contribution in [3.8, 4) is 0 Å². The lowest BCUT2D eigenvalue weighted by atomic mass is 10.0. The fraction of sp³-hybridized carbons (Fsp3) is 0.467. The molecular weight excluding hydrogens is 304 g/mol. The molecule has 0 saturated carbocycles. The van der Waals surface area contributed by atoms with Crippen LogP contribution in [0.3, 0.4) is 0 Å². The number of carbonyl (C=O) groups excluding carboxylic acids is 1. The molecule has 0 aliphatic rings. The normalized spacial score (nSPS) is 12.3. The highest BCUT2D eigenvalue weighted by molar-refractivity contribution is 5.72. The van der Waals surface area contributed by atoms with Crippen molar-refractivity contribution in [1.29, 1.82) is 0 Å². The Morgan fingerprint density at radius 3 is 2.48 bits per heavy atom. The molecule has 0 spiro atoms. The van der Waals surface area contributed by atoms with Gasteiger partial charge in [-0.1, -0.05) is 12.1 Å². The first-order valence-electron chi connectivity index (χ1n) is 6.96. The summed E-state index contributed by atoms with van der Waals surface area (Å²) in [6.07, 6.45) is -1.20. The number of carboxylic acid groups (broad SMARTS) is 1. The molecule has 1 amide bonds. The summed E-state index contributed by atoms with van der Waals surface area (Å²) in [5.41, 5.74) is -0.0959. The quantitative estimate of drug-likeness (QED) is 0.635. The Bertz CT molecular complexity index is 621. The molecule has 2 N–H and O–H groups in total. The highest BCUT2D eigenvalue weighted by atomic mass is 16.6. The molecule has 0 fully saturated rings. The summed E-state index contributed by atoms with van der Waals surface area (Å²) in [5.74, 6) is -1.14. The lowest BCUT2D eigenvalue weighted by Gasteiger charge is -2.23. The summed E-state index contributed by atoms with van der Waals surface area (Å²) in [5, 5.41) is 22.4. The topological polar surface area (TPSA) is 119 Å². The van der Waals surface area contributed by atoms with Crippen molar-refractivity contribution in [1.82, 2.24) is 5.32 Å². The second-order valence-corrected chi connectivity index (χ2v) is 6.10. The van der Waals surface area contributed by atoms with E-state index in [4.69, 9.17) is 9.84 Å². The van der Waals surface area contributed by atoms with Crippen LogP contribution in [0.1, 0.15) is 44.4 Å². The number of nitrogens with one attached hydrogen (secondary N) is 1. The Morgan fingerprint density at radius 1 is 1.39 bits per heavy atom. The number of aliphatic carboxylic acids is 1. The van der Waals surface area contributed by atoms with Crippen molar-refractivity contribution in [2.45, 2.75) is 45.8 Å². The average Bonchev–Trinajstić information content (AvgIpc) is 2.35. The summed E-state index contributed by atoms with van der Waals surface area (Å²) >= 11 is 0. The number of nitrogens with zero attached hydrogens (tertiary/aromatic N) is 1. The molecule has 126 valence electrons. The summed E-state index contributed by atoms with van der Waals surface area (Å²) in [4.78, 5) is 33.3. The van der Waals surface area contributed by atoms with Crippen molar-refractivity contribution < 1.29 is 24.4 Å². The van der Waals surface area contributed by atoms with Gasteiger partial charge in [-0.15, -0.1) is 0 Å². The predicted octanol–water partition coefficient (Wildman–Crippen LogP) is 2.94. The number of rotatable bonds is 5. The van der Waals surface area contributed by atoms with Crippen LogP contribution in [-0.2, 0) is 9.53 Å². The highest BCUT2D eigenvalue weighted by Gasteiger charge is 2.24. The molecule has 1 rings (SSSR count). The molecule has 1 aromatic rings. The molecule has 0 bridgehead atoms. The van der Waals surface area contributed by atoms with E-state index in [1.54, 1.807) is 33.8 Å². The SMILES string of the molecule is Cc1ccc(C(CC(=O)O)NC(=O)OC(C)(C)C)cc1[N+](=O)[O-]. The van der Waals surface area contributed by atoms with Gasteiger partial charge in [-0.05, 0) is 33.3 Å². The van der Waals surface area contributed by atoms with Crippen LogP contribution < -0.4 is 5.32 Å². The number of nitro groups is 1. The van der Waals surface area contributed by atoms with E-state index < -0.39 is 35.0 Å². The predicted molar refractivity (Wildman–Crippen MR) is 82.2 cm³/mol. The standard InChI is InChI=1S/C15H20N2O6/c1-9-5-6-10(7-12(9)17(21)22)11(8-13(18)19)16-14(20)23-15(2,3)4/h5-7,11H,8H2,1-4H3,(H,16,20)(H,18,19). The van der Waals surface area contributed by atoms with Gasteiger partial charge in [0, 0.05) is 11.6 Å². The fourth-order valence-electron chi connectivity index (χ4n) is 1.92. The van der Waals surface area contributed by atoms with Gasteiger partial charge in [-0.25, -0.2) is 4.79 Å². The molecule has 1 atom stereocenters. The van der Waals surface area contributed by atoms with Crippen molar-refractivity contribution in [2.75, 3.05) is 0 Å². The molecule has 1 aromatic carbocycles. The molecular formula is C15H20N2O6. The summed E-state index contributed by atoms with van der Waals surface area (Å²) in [6, 6.07) is 3.40. The first-order chi connectivity index (χ1) is 10.5. The van der Waals surface area contributed by atoms with E-state index in [-0.39, 0.29) is 5.69 Å². The van der Waals surface area contributed by atoms with E-state index in [0.29, 0.717) is 11.1 Å². The lowest BCUT2D eigenvalue weighted by Crippen LogP contribution is -2.35. The zero-order valence-electron chi connectivity index (χ0n) is 13.5. The van der Waals surface area contributed by atoms with Crippen LogP contribution in [0.2, 0.25) is 0 Å². The van der Waals surface area contributed by atoms with Crippen LogP contribution in [0.5, 0.6) is 0 Å². The molecule has 0 radical (unpaired) electrons. The zero-order chi connectivity index (χ0) is 17.8. The minimum absolute atomic E-state index is 0.135. The molecule has 0 aromatic heterocycles. The van der Waals surface area contributed by atoms with Gasteiger partial charge in [0.2, 0.25) is 0 Å². The minimum Gasteiger partial charge on any atom is -0.481 e. The van der Waals surface area contributed by atoms with Gasteiger partial charge in [0.15, 0.2) is 0 Å². The summed E-state index contributed by atoms with van der Waals surface area (Å²) in [6.45, 7) is 6.61. The third kappa shape index (κ3) is 5.93. The highest BCUT2D eigenvalue weighted by Crippen LogP contribution is 2.25. The van der Waals surface area contributed by atoms with Crippen LogP contribution in [0.25, 0.3) is 0 Å². The number of hydrogen-bond donors (Lipinski definition) is 2. The maximum absolute atomic E-state index is 11.8. The van der Waals surface area contributed by atoms with Crippen LogP contribution in [0, 0.1) is 17.0 Å². The molecule has 0 saturated heterocycles. The summed E-state index contributed by atoms with van der Waals surface area (Å²) in [7, 11) is 0. The number of carbonyl (C=O) groups is 2. The van der Waals surface area contributed by atoms with Crippen LogP contribution in [-0.4, -0.2) is 27.7 Å². The second-order valence-electron chi connectivity index (χ2n) is 6.10. The molecule has 8 heteroatoms. The maximum Gasteiger partial charge on any atom is 0.408 e. The summed E-state index contributed by atoms with van der Waals surface area (Å²) < 4.78 is 5.10. The van der Waals surface area contributed by atoms with Crippen molar-refractivity contribution in [3.63, 3.8) is 0 Å². The first kappa shape index (κ1) is 18.4. The van der Waals surface area contributed by atoms with Gasteiger partial charge < -0.3 is 15.2 Å². The smallest absolute Gasteiger partial charge is 0.408 e. The Kier molecular flexibility index (Phi) is 5.67. The molecule has 23 heavy (non-hydrogen) atoms. The third-order valence-corrected chi connectivity index (χ3v) is 2.90. The average molecular weight is 324 g/mol. The number of carboxylic acids is 1. The van der Waals surface area contributed by atoms with Gasteiger partial charge in [-0.3, -0.25) is 14.9 Å². The monoisotopic (exact) mass is 324 g/mol. The van der Waals surface area contributed by atoms with Crippen LogP contribution >= 0.6 is 0 Å². The lowest BCUT2D eigenvalue weighted by molar-refractivity contribution is -0.385.